The molecule has 0 saturated heterocycles. The Kier molecular flexibility index (Phi) is 10.0. The predicted molar refractivity (Wildman–Crippen MR) is 163 cm³/mol. The van der Waals surface area contributed by atoms with Crippen LogP contribution in [0.4, 0.5) is 10.6 Å². The third-order valence-electron chi connectivity index (χ3n) is 6.87. The van der Waals surface area contributed by atoms with E-state index in [1.54, 1.807) is 7.11 Å². The zero-order valence-electron chi connectivity index (χ0n) is 24.9. The van der Waals surface area contributed by atoms with Crippen LogP contribution in [0.5, 0.6) is 5.75 Å². The summed E-state index contributed by atoms with van der Waals surface area (Å²) >= 11 is 0. The van der Waals surface area contributed by atoms with Crippen molar-refractivity contribution < 1.29 is 19.4 Å². The lowest BCUT2D eigenvalue weighted by molar-refractivity contribution is 0.0527. The molecule has 0 atom stereocenters. The number of amides is 1. The molecule has 9 heteroatoms. The van der Waals surface area contributed by atoms with E-state index in [1.807, 2.05) is 57.2 Å². The molecule has 0 radical (unpaired) electrons. The second-order valence-corrected chi connectivity index (χ2v) is 11.3. The third-order valence-corrected chi connectivity index (χ3v) is 6.87. The van der Waals surface area contributed by atoms with Crippen molar-refractivity contribution >= 4 is 33.8 Å². The Balaban J connectivity index is 1.61. The summed E-state index contributed by atoms with van der Waals surface area (Å²) in [6.07, 6.45) is 4.33. The summed E-state index contributed by atoms with van der Waals surface area (Å²) in [6.45, 7) is 9.58. The highest BCUT2D eigenvalue weighted by Gasteiger charge is 2.19. The van der Waals surface area contributed by atoms with E-state index in [1.165, 1.54) is 0 Å². The molecule has 0 aliphatic carbocycles. The zero-order valence-corrected chi connectivity index (χ0v) is 24.9. The topological polar surface area (TPSA) is 111 Å². The molecule has 0 unspecified atom stereocenters. The third kappa shape index (κ3) is 7.67. The van der Waals surface area contributed by atoms with Crippen LogP contribution >= 0.6 is 0 Å². The number of carbonyl (C=O) groups is 1. The SMILES string of the molecule is CCCCc1nc2c(NCc3ccc(CO)cc3OC)nc3ccccc3c2n1CCCCNC(=O)OC(C)(C)C. The van der Waals surface area contributed by atoms with Gasteiger partial charge in [0.1, 0.15) is 22.7 Å². The molecule has 0 aliphatic heterocycles. The number of aliphatic hydroxyl groups is 1. The van der Waals surface area contributed by atoms with Gasteiger partial charge in [-0.15, -0.1) is 0 Å². The number of methoxy groups -OCH3 is 1. The van der Waals surface area contributed by atoms with Gasteiger partial charge in [-0.2, -0.15) is 0 Å². The van der Waals surface area contributed by atoms with Crippen LogP contribution in [-0.2, 0) is 30.9 Å². The van der Waals surface area contributed by atoms with Crippen molar-refractivity contribution in [1.29, 1.82) is 0 Å². The Morgan fingerprint density at radius 3 is 2.61 bits per heavy atom. The van der Waals surface area contributed by atoms with Gasteiger partial charge in [-0.05, 0) is 57.7 Å². The lowest BCUT2D eigenvalue weighted by atomic mass is 10.1. The molecule has 0 spiro atoms. The minimum Gasteiger partial charge on any atom is -0.496 e. The molecule has 2 heterocycles. The second kappa shape index (κ2) is 13.7. The Hall–Kier alpha value is -3.85. The Morgan fingerprint density at radius 1 is 1.07 bits per heavy atom. The van der Waals surface area contributed by atoms with Gasteiger partial charge in [-0.1, -0.05) is 43.7 Å². The number of rotatable bonds is 13. The summed E-state index contributed by atoms with van der Waals surface area (Å²) in [5.74, 6) is 2.50. The number of benzene rings is 2. The van der Waals surface area contributed by atoms with Crippen molar-refractivity contribution in [3.63, 3.8) is 0 Å². The predicted octanol–water partition coefficient (Wildman–Crippen LogP) is 6.35. The number of aliphatic hydroxyl groups excluding tert-OH is 1. The molecule has 1 amide bonds. The molecule has 0 aliphatic rings. The molecule has 0 saturated carbocycles. The first kappa shape index (κ1) is 30.1. The van der Waals surface area contributed by atoms with Crippen LogP contribution in [0.25, 0.3) is 21.9 Å². The van der Waals surface area contributed by atoms with E-state index in [2.05, 4.69) is 28.2 Å². The first-order valence-corrected chi connectivity index (χ1v) is 14.5. The summed E-state index contributed by atoms with van der Waals surface area (Å²) < 4.78 is 13.3. The molecular weight excluding hydrogens is 518 g/mol. The number of anilines is 1. The van der Waals surface area contributed by atoms with Gasteiger partial charge in [0, 0.05) is 37.0 Å². The van der Waals surface area contributed by atoms with Gasteiger partial charge in [0.25, 0.3) is 0 Å². The number of alkyl carbamates (subject to hydrolysis) is 1. The Bertz CT molecular complexity index is 1470. The van der Waals surface area contributed by atoms with Crippen LogP contribution in [0.3, 0.4) is 0 Å². The van der Waals surface area contributed by atoms with E-state index in [4.69, 9.17) is 19.4 Å². The quantitative estimate of drug-likeness (QED) is 0.163. The number of unbranched alkanes of at least 4 members (excludes halogenated alkanes) is 2. The highest BCUT2D eigenvalue weighted by Crippen LogP contribution is 2.32. The highest BCUT2D eigenvalue weighted by atomic mass is 16.6. The van der Waals surface area contributed by atoms with Crippen LogP contribution in [0, 0.1) is 0 Å². The maximum Gasteiger partial charge on any atom is 0.407 e. The van der Waals surface area contributed by atoms with Gasteiger partial charge >= 0.3 is 6.09 Å². The summed E-state index contributed by atoms with van der Waals surface area (Å²) in [5.41, 5.74) is 4.09. The molecule has 4 rings (SSSR count). The molecule has 2 aromatic carbocycles. The summed E-state index contributed by atoms with van der Waals surface area (Å²) in [7, 11) is 1.64. The maximum atomic E-state index is 12.0. The number of hydrogen-bond donors (Lipinski definition) is 3. The standard InChI is InChI=1S/C32H43N5O4/c1-6-7-14-27-36-28-29(37(27)18-11-10-17-33-31(39)41-32(2,3)4)24-12-8-9-13-25(24)35-30(28)34-20-23-16-15-22(21-38)19-26(23)40-5/h8-9,12-13,15-16,19,38H,6-7,10-11,14,17-18,20-21H2,1-5H3,(H,33,39)(H,34,35). The average Bonchev–Trinajstić information content (AvgIpc) is 3.32. The number of aromatic nitrogens is 3. The van der Waals surface area contributed by atoms with E-state index < -0.39 is 5.60 Å². The van der Waals surface area contributed by atoms with Crippen molar-refractivity contribution in [3.8, 4) is 5.75 Å². The lowest BCUT2D eigenvalue weighted by Crippen LogP contribution is -2.33. The van der Waals surface area contributed by atoms with Gasteiger partial charge in [0.15, 0.2) is 5.82 Å². The van der Waals surface area contributed by atoms with E-state index in [-0.39, 0.29) is 12.7 Å². The molecule has 220 valence electrons. The minimum absolute atomic E-state index is 0.0358. The number of pyridine rings is 1. The normalized spacial score (nSPS) is 11.7. The van der Waals surface area contributed by atoms with E-state index in [0.29, 0.717) is 13.1 Å². The van der Waals surface area contributed by atoms with Crippen molar-refractivity contribution in [1.82, 2.24) is 19.9 Å². The average molecular weight is 562 g/mol. The fourth-order valence-electron chi connectivity index (χ4n) is 4.88. The zero-order chi connectivity index (χ0) is 29.4. The van der Waals surface area contributed by atoms with E-state index in [9.17, 15) is 9.90 Å². The lowest BCUT2D eigenvalue weighted by Gasteiger charge is -2.19. The fraction of sp³-hybridized carbons (Fsp3) is 0.469. The van der Waals surface area contributed by atoms with Crippen molar-refractivity contribution in [2.75, 3.05) is 19.0 Å². The number of hydrogen-bond acceptors (Lipinski definition) is 7. The van der Waals surface area contributed by atoms with Crippen LogP contribution in [0.2, 0.25) is 0 Å². The molecule has 0 fully saturated rings. The highest BCUT2D eigenvalue weighted by molar-refractivity contribution is 6.07. The molecule has 41 heavy (non-hydrogen) atoms. The molecule has 0 bridgehead atoms. The van der Waals surface area contributed by atoms with Gasteiger partial charge in [0.05, 0.1) is 24.8 Å². The van der Waals surface area contributed by atoms with Gasteiger partial charge in [0.2, 0.25) is 0 Å². The number of nitrogens with one attached hydrogen (secondary N) is 2. The molecule has 2 aromatic heterocycles. The number of nitrogens with zero attached hydrogens (tertiary/aromatic N) is 3. The number of aryl methyl sites for hydroxylation is 2. The molecule has 3 N–H and O–H groups in total. The fourth-order valence-corrected chi connectivity index (χ4v) is 4.88. The van der Waals surface area contributed by atoms with Crippen LogP contribution < -0.4 is 15.4 Å². The van der Waals surface area contributed by atoms with Gasteiger partial charge < -0.3 is 29.8 Å². The Morgan fingerprint density at radius 2 is 1.88 bits per heavy atom. The van der Waals surface area contributed by atoms with Gasteiger partial charge in [-0.3, -0.25) is 0 Å². The Labute approximate surface area is 242 Å². The molecular formula is C32H43N5O4. The summed E-state index contributed by atoms with van der Waals surface area (Å²) in [4.78, 5) is 22.1. The minimum atomic E-state index is -0.511. The first-order chi connectivity index (χ1) is 19.7. The van der Waals surface area contributed by atoms with E-state index >= 15 is 0 Å². The largest absolute Gasteiger partial charge is 0.496 e. The van der Waals surface area contributed by atoms with Crippen LogP contribution in [0.15, 0.2) is 42.5 Å². The number of para-hydroxylation sites is 1. The number of carbonyl (C=O) groups excluding carboxylic acids is 1. The number of ether oxygens (including phenoxy) is 2. The van der Waals surface area contributed by atoms with Crippen LogP contribution in [0.1, 0.15) is 70.3 Å². The van der Waals surface area contributed by atoms with E-state index in [0.717, 1.165) is 89.1 Å². The monoisotopic (exact) mass is 561 g/mol. The first-order valence-electron chi connectivity index (χ1n) is 14.5. The number of fused-ring (bicyclic) bond motifs is 3. The van der Waals surface area contributed by atoms with Gasteiger partial charge in [-0.25, -0.2) is 14.8 Å². The van der Waals surface area contributed by atoms with Crippen molar-refractivity contribution in [2.45, 2.75) is 85.1 Å². The molecule has 9 nitrogen and oxygen atoms in total. The summed E-state index contributed by atoms with van der Waals surface area (Å²) in [5, 5.41) is 17.0. The number of imidazole rings is 1. The smallest absolute Gasteiger partial charge is 0.407 e. The van der Waals surface area contributed by atoms with Crippen LogP contribution in [-0.4, -0.2) is 45.0 Å². The summed E-state index contributed by atoms with van der Waals surface area (Å²) in [6, 6.07) is 13.9. The maximum absolute atomic E-state index is 12.0. The second-order valence-electron chi connectivity index (χ2n) is 11.3. The van der Waals surface area contributed by atoms with Crippen molar-refractivity contribution in [3.05, 3.63) is 59.4 Å². The molecule has 4 aromatic rings. The van der Waals surface area contributed by atoms with Crippen molar-refractivity contribution in [2.24, 2.45) is 0 Å².